The molecule has 0 spiro atoms. The van der Waals surface area contributed by atoms with Crippen LogP contribution in [0.25, 0.3) is 0 Å². The number of rotatable bonds is 11. The van der Waals surface area contributed by atoms with Gasteiger partial charge in [-0.3, -0.25) is 9.59 Å². The number of hydrogen-bond acceptors (Lipinski definition) is 3. The van der Waals surface area contributed by atoms with E-state index in [-0.39, 0.29) is 24.3 Å². The van der Waals surface area contributed by atoms with E-state index in [1.165, 1.54) is 0 Å². The molecule has 2 amide bonds. The first-order valence-corrected chi connectivity index (χ1v) is 11.2. The van der Waals surface area contributed by atoms with Crippen LogP contribution in [0.4, 0.5) is 0 Å². The van der Waals surface area contributed by atoms with Crippen molar-refractivity contribution in [1.82, 2.24) is 10.2 Å². The lowest BCUT2D eigenvalue weighted by Gasteiger charge is -2.29. The van der Waals surface area contributed by atoms with Crippen molar-refractivity contribution >= 4 is 35.0 Å². The number of amides is 2. The van der Waals surface area contributed by atoms with Crippen molar-refractivity contribution in [2.24, 2.45) is 0 Å². The van der Waals surface area contributed by atoms with Gasteiger partial charge in [0.2, 0.25) is 11.8 Å². The maximum atomic E-state index is 13.1. The molecule has 0 unspecified atom stereocenters. The van der Waals surface area contributed by atoms with Gasteiger partial charge in [0.05, 0.1) is 12.5 Å². The maximum Gasteiger partial charge on any atom is 0.242 e. The third-order valence-corrected chi connectivity index (χ3v) is 5.28. The van der Waals surface area contributed by atoms with Crippen LogP contribution in [0.1, 0.15) is 38.3 Å². The number of nitrogens with one attached hydrogen (secondary N) is 1. The number of ether oxygens (including phenoxy) is 1. The van der Waals surface area contributed by atoms with Crippen LogP contribution in [0.2, 0.25) is 10.0 Å². The van der Waals surface area contributed by atoms with Crippen LogP contribution in [0.15, 0.2) is 48.5 Å². The average Bonchev–Trinajstić information content (AvgIpc) is 2.73. The zero-order valence-electron chi connectivity index (χ0n) is 18.2. The van der Waals surface area contributed by atoms with E-state index in [1.54, 1.807) is 36.1 Å². The molecule has 5 nitrogen and oxygen atoms in total. The molecule has 0 aliphatic heterocycles. The Morgan fingerprint density at radius 3 is 2.03 bits per heavy atom. The second-order valence-electron chi connectivity index (χ2n) is 7.69. The number of halogens is 2. The normalized spacial score (nSPS) is 11.9. The highest BCUT2D eigenvalue weighted by molar-refractivity contribution is 6.30. The molecule has 2 aromatic carbocycles. The molecular formula is C24H30Cl2N2O3. The van der Waals surface area contributed by atoms with Crippen LogP contribution in [-0.4, -0.2) is 42.0 Å². The largest absolute Gasteiger partial charge is 0.379 e. The van der Waals surface area contributed by atoms with Crippen molar-refractivity contribution in [2.45, 2.75) is 52.3 Å². The van der Waals surface area contributed by atoms with Gasteiger partial charge in [0.25, 0.3) is 0 Å². The van der Waals surface area contributed by atoms with E-state index < -0.39 is 6.04 Å². The van der Waals surface area contributed by atoms with Crippen LogP contribution in [0.3, 0.4) is 0 Å². The lowest BCUT2D eigenvalue weighted by Crippen LogP contribution is -2.48. The highest BCUT2D eigenvalue weighted by Gasteiger charge is 2.26. The summed E-state index contributed by atoms with van der Waals surface area (Å²) in [6, 6.07) is 13.8. The molecular weight excluding hydrogens is 435 g/mol. The van der Waals surface area contributed by atoms with E-state index in [4.69, 9.17) is 27.9 Å². The average molecular weight is 465 g/mol. The summed E-state index contributed by atoms with van der Waals surface area (Å²) in [7, 11) is 0. The SMILES string of the molecule is CC(C)OCCCNC(=O)[C@@H](C)N(Cc1ccc(Cl)cc1)C(=O)Cc1ccc(Cl)cc1. The Morgan fingerprint density at radius 2 is 1.48 bits per heavy atom. The molecule has 0 aromatic heterocycles. The Labute approximate surface area is 194 Å². The number of benzene rings is 2. The Kier molecular flexibility index (Phi) is 10.3. The molecule has 0 heterocycles. The van der Waals surface area contributed by atoms with Gasteiger partial charge in [-0.1, -0.05) is 47.5 Å². The molecule has 0 radical (unpaired) electrons. The second-order valence-corrected chi connectivity index (χ2v) is 8.56. The maximum absolute atomic E-state index is 13.1. The quantitative estimate of drug-likeness (QED) is 0.481. The van der Waals surface area contributed by atoms with Gasteiger partial charge < -0.3 is 15.0 Å². The first-order valence-electron chi connectivity index (χ1n) is 10.4. The summed E-state index contributed by atoms with van der Waals surface area (Å²) in [6.45, 7) is 7.08. The van der Waals surface area contributed by atoms with Crippen molar-refractivity contribution in [1.29, 1.82) is 0 Å². The molecule has 2 aromatic rings. The molecule has 168 valence electrons. The summed E-state index contributed by atoms with van der Waals surface area (Å²) in [5.74, 6) is -0.328. The monoisotopic (exact) mass is 464 g/mol. The Morgan fingerprint density at radius 1 is 0.935 bits per heavy atom. The Balaban J connectivity index is 2.06. The van der Waals surface area contributed by atoms with Gasteiger partial charge in [0.15, 0.2) is 0 Å². The summed E-state index contributed by atoms with van der Waals surface area (Å²) < 4.78 is 5.50. The van der Waals surface area contributed by atoms with Crippen molar-refractivity contribution in [3.05, 3.63) is 69.7 Å². The van der Waals surface area contributed by atoms with Gasteiger partial charge in [-0.25, -0.2) is 0 Å². The predicted molar refractivity (Wildman–Crippen MR) is 125 cm³/mol. The third kappa shape index (κ3) is 8.90. The van der Waals surface area contributed by atoms with Crippen LogP contribution in [-0.2, 0) is 27.3 Å². The van der Waals surface area contributed by atoms with Gasteiger partial charge in [0.1, 0.15) is 6.04 Å². The predicted octanol–water partition coefficient (Wildman–Crippen LogP) is 4.88. The zero-order valence-corrected chi connectivity index (χ0v) is 19.7. The number of nitrogens with zero attached hydrogens (tertiary/aromatic N) is 1. The summed E-state index contributed by atoms with van der Waals surface area (Å²) >= 11 is 11.9. The topological polar surface area (TPSA) is 58.6 Å². The molecule has 2 rings (SSSR count). The zero-order chi connectivity index (χ0) is 22.8. The van der Waals surface area contributed by atoms with E-state index in [0.717, 1.165) is 11.1 Å². The van der Waals surface area contributed by atoms with Crippen molar-refractivity contribution in [3.8, 4) is 0 Å². The van der Waals surface area contributed by atoms with Crippen LogP contribution < -0.4 is 5.32 Å². The van der Waals surface area contributed by atoms with Crippen LogP contribution >= 0.6 is 23.2 Å². The number of hydrogen-bond donors (Lipinski definition) is 1. The summed E-state index contributed by atoms with van der Waals surface area (Å²) in [6.07, 6.45) is 1.06. The summed E-state index contributed by atoms with van der Waals surface area (Å²) in [5.41, 5.74) is 1.74. The fraction of sp³-hybridized carbons (Fsp3) is 0.417. The smallest absolute Gasteiger partial charge is 0.242 e. The van der Waals surface area contributed by atoms with E-state index in [9.17, 15) is 9.59 Å². The standard InChI is InChI=1S/C24H30Cl2N2O3/c1-17(2)31-14-4-13-27-24(30)18(3)28(16-20-7-11-22(26)12-8-20)23(29)15-19-5-9-21(25)10-6-19/h5-12,17-18H,4,13-16H2,1-3H3,(H,27,30)/t18-/m1/s1. The minimum absolute atomic E-state index is 0.136. The molecule has 0 fully saturated rings. The molecule has 0 saturated heterocycles. The van der Waals surface area contributed by atoms with E-state index >= 15 is 0 Å². The molecule has 0 aliphatic rings. The fourth-order valence-electron chi connectivity index (χ4n) is 3.00. The minimum Gasteiger partial charge on any atom is -0.379 e. The van der Waals surface area contributed by atoms with Gasteiger partial charge in [0, 0.05) is 29.7 Å². The second kappa shape index (κ2) is 12.7. The molecule has 0 saturated carbocycles. The lowest BCUT2D eigenvalue weighted by molar-refractivity contribution is -0.140. The lowest BCUT2D eigenvalue weighted by atomic mass is 10.1. The minimum atomic E-state index is -0.624. The Bertz CT molecular complexity index is 839. The molecule has 0 bridgehead atoms. The number of carbonyl (C=O) groups excluding carboxylic acids is 2. The molecule has 1 N–H and O–H groups in total. The van der Waals surface area contributed by atoms with Crippen molar-refractivity contribution in [2.75, 3.05) is 13.2 Å². The van der Waals surface area contributed by atoms with Crippen LogP contribution in [0, 0.1) is 0 Å². The van der Waals surface area contributed by atoms with Gasteiger partial charge in [-0.15, -0.1) is 0 Å². The highest BCUT2D eigenvalue weighted by Crippen LogP contribution is 2.16. The number of carbonyl (C=O) groups is 2. The third-order valence-electron chi connectivity index (χ3n) is 4.77. The van der Waals surface area contributed by atoms with Crippen molar-refractivity contribution in [3.63, 3.8) is 0 Å². The molecule has 31 heavy (non-hydrogen) atoms. The first-order chi connectivity index (χ1) is 14.8. The van der Waals surface area contributed by atoms with E-state index in [1.807, 2.05) is 38.1 Å². The highest BCUT2D eigenvalue weighted by atomic mass is 35.5. The molecule has 1 atom stereocenters. The van der Waals surface area contributed by atoms with Gasteiger partial charge >= 0.3 is 0 Å². The van der Waals surface area contributed by atoms with Crippen molar-refractivity contribution < 1.29 is 14.3 Å². The van der Waals surface area contributed by atoms with Gasteiger partial charge in [-0.2, -0.15) is 0 Å². The summed E-state index contributed by atoms with van der Waals surface area (Å²) in [4.78, 5) is 27.5. The van der Waals surface area contributed by atoms with E-state index in [2.05, 4.69) is 5.32 Å². The first kappa shape index (κ1) is 25.2. The molecule has 7 heteroatoms. The van der Waals surface area contributed by atoms with E-state index in [0.29, 0.717) is 36.2 Å². The molecule has 0 aliphatic carbocycles. The van der Waals surface area contributed by atoms with Gasteiger partial charge in [-0.05, 0) is 62.6 Å². The fourth-order valence-corrected chi connectivity index (χ4v) is 3.25. The Hall–Kier alpha value is -2.08. The summed E-state index contributed by atoms with van der Waals surface area (Å²) in [5, 5.41) is 4.14. The van der Waals surface area contributed by atoms with Crippen LogP contribution in [0.5, 0.6) is 0 Å².